The Hall–Kier alpha value is -0.0500. The minimum absolute atomic E-state index is 0.255. The molecule has 0 amide bonds. The maximum absolute atomic E-state index is 10.7. The van der Waals surface area contributed by atoms with E-state index in [9.17, 15) is 8.42 Å². The van der Waals surface area contributed by atoms with Gasteiger partial charge in [0.1, 0.15) is 0 Å². The van der Waals surface area contributed by atoms with E-state index >= 15 is 0 Å². The maximum Gasteiger partial charge on any atom is 0.151 e. The largest absolute Gasteiger partial charge is 0.229 e. The summed E-state index contributed by atoms with van der Waals surface area (Å²) in [5, 5.41) is 0. The van der Waals surface area contributed by atoms with Gasteiger partial charge in [-0.1, -0.05) is 13.8 Å². The molecule has 0 aromatic heterocycles. The Morgan fingerprint density at radius 3 is 2.10 bits per heavy atom. The molecule has 0 aliphatic heterocycles. The van der Waals surface area contributed by atoms with Crippen molar-refractivity contribution in [3.63, 3.8) is 0 Å². The highest BCUT2D eigenvalue weighted by Crippen LogP contribution is 2.52. The van der Waals surface area contributed by atoms with E-state index in [1.807, 2.05) is 0 Å². The molecule has 1 aliphatic carbocycles. The fraction of sp³-hybridized carbons (Fsp3) is 0.857. The van der Waals surface area contributed by atoms with E-state index in [-0.39, 0.29) is 11.2 Å². The SMILES string of the molecule is [CH2]S(=O)(=O)CC1CC1(C)C. The van der Waals surface area contributed by atoms with Crippen molar-refractivity contribution in [3.05, 3.63) is 6.26 Å². The Kier molecular flexibility index (Phi) is 1.59. The third-order valence-corrected chi connectivity index (χ3v) is 3.08. The molecule has 1 aliphatic rings. The molecule has 0 bridgehead atoms. The van der Waals surface area contributed by atoms with Gasteiger partial charge in [0.15, 0.2) is 9.84 Å². The predicted octanol–water partition coefficient (Wildman–Crippen LogP) is 1.24. The quantitative estimate of drug-likeness (QED) is 0.610. The highest BCUT2D eigenvalue weighted by Gasteiger charge is 2.46. The summed E-state index contributed by atoms with van der Waals surface area (Å²) < 4.78 is 21.3. The molecule has 1 fully saturated rings. The van der Waals surface area contributed by atoms with Crippen LogP contribution in [0.15, 0.2) is 0 Å². The van der Waals surface area contributed by atoms with E-state index in [0.29, 0.717) is 5.92 Å². The molecule has 1 radical (unpaired) electrons. The summed E-state index contributed by atoms with van der Waals surface area (Å²) >= 11 is 0. The third kappa shape index (κ3) is 1.97. The summed E-state index contributed by atoms with van der Waals surface area (Å²) in [7, 11) is -2.98. The zero-order valence-electron chi connectivity index (χ0n) is 6.42. The van der Waals surface area contributed by atoms with Gasteiger partial charge in [-0.05, 0) is 17.8 Å². The van der Waals surface area contributed by atoms with Gasteiger partial charge in [-0.2, -0.15) is 0 Å². The van der Waals surface area contributed by atoms with Crippen molar-refractivity contribution in [1.29, 1.82) is 0 Å². The number of hydrogen-bond donors (Lipinski definition) is 0. The van der Waals surface area contributed by atoms with Gasteiger partial charge in [0.2, 0.25) is 0 Å². The van der Waals surface area contributed by atoms with Crippen molar-refractivity contribution < 1.29 is 8.42 Å². The fourth-order valence-electron chi connectivity index (χ4n) is 1.17. The standard InChI is InChI=1S/C7H13O2S/c1-7(2)4-6(7)5-10(3,8)9/h6H,3-5H2,1-2H3. The van der Waals surface area contributed by atoms with Gasteiger partial charge in [0.25, 0.3) is 0 Å². The van der Waals surface area contributed by atoms with Crippen LogP contribution in [0.25, 0.3) is 0 Å². The predicted molar refractivity (Wildman–Crippen MR) is 41.0 cm³/mol. The zero-order valence-corrected chi connectivity index (χ0v) is 7.24. The molecule has 10 heavy (non-hydrogen) atoms. The fourth-order valence-corrected chi connectivity index (χ4v) is 2.35. The number of hydrogen-bond acceptors (Lipinski definition) is 2. The van der Waals surface area contributed by atoms with Crippen molar-refractivity contribution in [3.8, 4) is 0 Å². The van der Waals surface area contributed by atoms with Crippen LogP contribution in [0.4, 0.5) is 0 Å². The number of sulfone groups is 1. The summed E-state index contributed by atoms with van der Waals surface area (Å²) in [5.41, 5.74) is 0.255. The van der Waals surface area contributed by atoms with Crippen LogP contribution >= 0.6 is 0 Å². The Balaban J connectivity index is 2.46. The average Bonchev–Trinajstić information content (AvgIpc) is 2.05. The lowest BCUT2D eigenvalue weighted by atomic mass is 10.1. The van der Waals surface area contributed by atoms with Crippen molar-refractivity contribution >= 4 is 9.84 Å². The summed E-state index contributed by atoms with van der Waals surface area (Å²) in [5.74, 6) is 0.620. The van der Waals surface area contributed by atoms with E-state index in [4.69, 9.17) is 0 Å². The first-order valence-electron chi connectivity index (χ1n) is 3.37. The highest BCUT2D eigenvalue weighted by molar-refractivity contribution is 7.92. The molecule has 1 atom stereocenters. The van der Waals surface area contributed by atoms with Crippen LogP contribution in [0.3, 0.4) is 0 Å². The lowest BCUT2D eigenvalue weighted by molar-refractivity contribution is 0.565. The summed E-state index contributed by atoms with van der Waals surface area (Å²) in [6, 6.07) is 0. The topological polar surface area (TPSA) is 34.1 Å². The molecule has 0 saturated heterocycles. The molecule has 0 N–H and O–H groups in total. The maximum atomic E-state index is 10.7. The van der Waals surface area contributed by atoms with Crippen LogP contribution in [0.1, 0.15) is 20.3 Å². The van der Waals surface area contributed by atoms with E-state index in [2.05, 4.69) is 20.1 Å². The molecule has 0 spiro atoms. The molecule has 0 aromatic rings. The Bertz CT molecular complexity index is 226. The smallest absolute Gasteiger partial charge is 0.151 e. The van der Waals surface area contributed by atoms with Gasteiger partial charge in [-0.3, -0.25) is 0 Å². The van der Waals surface area contributed by atoms with Crippen molar-refractivity contribution in [1.82, 2.24) is 0 Å². The van der Waals surface area contributed by atoms with Crippen LogP contribution in [0.5, 0.6) is 0 Å². The van der Waals surface area contributed by atoms with Gasteiger partial charge in [0.05, 0.1) is 12.0 Å². The van der Waals surface area contributed by atoms with Crippen molar-refractivity contribution in [2.24, 2.45) is 11.3 Å². The molecule has 59 valence electrons. The van der Waals surface area contributed by atoms with Gasteiger partial charge in [0, 0.05) is 0 Å². The van der Waals surface area contributed by atoms with Gasteiger partial charge in [-0.25, -0.2) is 8.42 Å². The van der Waals surface area contributed by atoms with Gasteiger partial charge in [-0.15, -0.1) is 0 Å². The number of rotatable bonds is 2. The van der Waals surface area contributed by atoms with Crippen LogP contribution in [0.2, 0.25) is 0 Å². The molecule has 3 heteroatoms. The van der Waals surface area contributed by atoms with Crippen LogP contribution in [0, 0.1) is 17.6 Å². The van der Waals surface area contributed by atoms with E-state index in [0.717, 1.165) is 6.42 Å². The first kappa shape index (κ1) is 8.05. The molecular weight excluding hydrogens is 148 g/mol. The Morgan fingerprint density at radius 1 is 1.60 bits per heavy atom. The second-order valence-corrected chi connectivity index (χ2v) is 5.62. The minimum Gasteiger partial charge on any atom is -0.229 e. The van der Waals surface area contributed by atoms with E-state index in [1.54, 1.807) is 0 Å². The first-order valence-corrected chi connectivity index (χ1v) is 5.19. The molecule has 0 heterocycles. The molecule has 0 aromatic carbocycles. The van der Waals surface area contributed by atoms with Crippen LogP contribution in [-0.4, -0.2) is 14.2 Å². The van der Waals surface area contributed by atoms with Crippen LogP contribution < -0.4 is 0 Å². The van der Waals surface area contributed by atoms with Crippen molar-refractivity contribution in [2.75, 3.05) is 5.75 Å². The van der Waals surface area contributed by atoms with Gasteiger partial charge >= 0.3 is 0 Å². The molecule has 1 rings (SSSR count). The van der Waals surface area contributed by atoms with Crippen LogP contribution in [-0.2, 0) is 9.84 Å². The van der Waals surface area contributed by atoms with Crippen molar-refractivity contribution in [2.45, 2.75) is 20.3 Å². The summed E-state index contributed by atoms with van der Waals surface area (Å²) in [4.78, 5) is 0. The molecule has 1 unspecified atom stereocenters. The van der Waals surface area contributed by atoms with E-state index < -0.39 is 9.84 Å². The molecule has 1 saturated carbocycles. The third-order valence-electron chi connectivity index (χ3n) is 2.17. The zero-order chi connectivity index (χ0) is 7.99. The summed E-state index contributed by atoms with van der Waals surface area (Å²) in [6.45, 7) is 4.17. The Labute approximate surface area is 62.5 Å². The lowest BCUT2D eigenvalue weighted by Gasteiger charge is -1.99. The van der Waals surface area contributed by atoms with E-state index in [1.165, 1.54) is 0 Å². The second kappa shape index (κ2) is 1.97. The Morgan fingerprint density at radius 2 is 2.00 bits per heavy atom. The second-order valence-electron chi connectivity index (χ2n) is 3.80. The normalized spacial score (nSPS) is 30.1. The monoisotopic (exact) mass is 161 g/mol. The lowest BCUT2D eigenvalue weighted by Crippen LogP contribution is -2.05. The molecular formula is C7H13O2S. The van der Waals surface area contributed by atoms with Gasteiger partial charge < -0.3 is 0 Å². The highest BCUT2D eigenvalue weighted by atomic mass is 32.2. The average molecular weight is 161 g/mol. The summed E-state index contributed by atoms with van der Waals surface area (Å²) in [6.07, 6.45) is 4.12. The minimum atomic E-state index is -2.98. The molecule has 2 nitrogen and oxygen atoms in total. The first-order chi connectivity index (χ1) is 4.31.